The molecule has 0 spiro atoms. The smallest absolute Gasteiger partial charge is 0.239 e. The molecule has 1 rings (SSSR count). The lowest BCUT2D eigenvalue weighted by Gasteiger charge is -2.24. The SMILES string of the molecule is CCN(CC(=O)NC(C)C)C(=O)CN1CCC(CN)C1. The van der Waals surface area contributed by atoms with E-state index in [1.165, 1.54) is 0 Å². The van der Waals surface area contributed by atoms with Gasteiger partial charge in [0.2, 0.25) is 11.8 Å². The van der Waals surface area contributed by atoms with E-state index in [-0.39, 0.29) is 24.4 Å². The molecule has 3 N–H and O–H groups in total. The molecule has 1 heterocycles. The number of likely N-dealkylation sites (N-methyl/N-ethyl adjacent to an activating group) is 1. The monoisotopic (exact) mass is 284 g/mol. The predicted octanol–water partition coefficient (Wildman–Crippen LogP) is -0.360. The molecular weight excluding hydrogens is 256 g/mol. The highest BCUT2D eigenvalue weighted by atomic mass is 16.2. The maximum Gasteiger partial charge on any atom is 0.239 e. The van der Waals surface area contributed by atoms with E-state index in [1.807, 2.05) is 20.8 Å². The normalized spacial score (nSPS) is 19.4. The maximum atomic E-state index is 12.2. The lowest BCUT2D eigenvalue weighted by molar-refractivity contribution is -0.136. The largest absolute Gasteiger partial charge is 0.352 e. The van der Waals surface area contributed by atoms with E-state index < -0.39 is 0 Å². The molecular formula is C14H28N4O2. The summed E-state index contributed by atoms with van der Waals surface area (Å²) in [6.07, 6.45) is 1.06. The van der Waals surface area contributed by atoms with Crippen molar-refractivity contribution in [3.63, 3.8) is 0 Å². The average molecular weight is 284 g/mol. The van der Waals surface area contributed by atoms with Crippen LogP contribution in [0.4, 0.5) is 0 Å². The Hall–Kier alpha value is -1.14. The number of nitrogens with two attached hydrogens (primary N) is 1. The molecule has 0 saturated carbocycles. The molecule has 0 aromatic heterocycles. The van der Waals surface area contributed by atoms with Gasteiger partial charge in [0.1, 0.15) is 0 Å². The second-order valence-corrected chi connectivity index (χ2v) is 5.76. The van der Waals surface area contributed by atoms with Crippen molar-refractivity contribution in [3.05, 3.63) is 0 Å². The third-order valence-corrected chi connectivity index (χ3v) is 3.58. The number of amides is 2. The molecule has 0 aromatic rings. The van der Waals surface area contributed by atoms with Gasteiger partial charge in [0.15, 0.2) is 0 Å². The van der Waals surface area contributed by atoms with Crippen molar-refractivity contribution >= 4 is 11.8 Å². The van der Waals surface area contributed by atoms with Crippen molar-refractivity contribution in [3.8, 4) is 0 Å². The van der Waals surface area contributed by atoms with Crippen LogP contribution in [-0.2, 0) is 9.59 Å². The van der Waals surface area contributed by atoms with Crippen LogP contribution in [0, 0.1) is 5.92 Å². The van der Waals surface area contributed by atoms with Crippen molar-refractivity contribution in [2.45, 2.75) is 33.2 Å². The summed E-state index contributed by atoms with van der Waals surface area (Å²) in [6, 6.07) is 0.0974. The van der Waals surface area contributed by atoms with Gasteiger partial charge in [-0.05, 0) is 46.2 Å². The average Bonchev–Trinajstić information content (AvgIpc) is 2.82. The van der Waals surface area contributed by atoms with E-state index in [2.05, 4.69) is 10.2 Å². The third kappa shape index (κ3) is 5.46. The number of carbonyl (C=O) groups is 2. The fourth-order valence-electron chi connectivity index (χ4n) is 2.46. The van der Waals surface area contributed by atoms with Gasteiger partial charge in [-0.25, -0.2) is 0 Å². The zero-order valence-corrected chi connectivity index (χ0v) is 12.9. The van der Waals surface area contributed by atoms with Crippen LogP contribution < -0.4 is 11.1 Å². The van der Waals surface area contributed by atoms with E-state index in [0.29, 0.717) is 25.6 Å². The highest BCUT2D eigenvalue weighted by Crippen LogP contribution is 2.14. The molecule has 1 aliphatic heterocycles. The van der Waals surface area contributed by atoms with Gasteiger partial charge in [-0.15, -0.1) is 0 Å². The van der Waals surface area contributed by atoms with Gasteiger partial charge in [0.25, 0.3) is 0 Å². The molecule has 1 fully saturated rings. The molecule has 0 radical (unpaired) electrons. The van der Waals surface area contributed by atoms with Crippen molar-refractivity contribution in [1.82, 2.24) is 15.1 Å². The van der Waals surface area contributed by atoms with Gasteiger partial charge in [-0.1, -0.05) is 0 Å². The number of hydrogen-bond acceptors (Lipinski definition) is 4. The first-order valence-corrected chi connectivity index (χ1v) is 7.45. The van der Waals surface area contributed by atoms with Crippen LogP contribution in [0.3, 0.4) is 0 Å². The minimum absolute atomic E-state index is 0.0177. The molecule has 1 unspecified atom stereocenters. The van der Waals surface area contributed by atoms with E-state index in [4.69, 9.17) is 5.73 Å². The number of likely N-dealkylation sites (tertiary alicyclic amines) is 1. The molecule has 1 atom stereocenters. The van der Waals surface area contributed by atoms with Crippen molar-refractivity contribution in [2.75, 3.05) is 39.3 Å². The quantitative estimate of drug-likeness (QED) is 0.669. The highest BCUT2D eigenvalue weighted by molar-refractivity contribution is 5.85. The molecule has 0 aliphatic carbocycles. The number of hydrogen-bond donors (Lipinski definition) is 2. The molecule has 2 amide bonds. The van der Waals surface area contributed by atoms with E-state index in [9.17, 15) is 9.59 Å². The Bertz CT molecular complexity index is 333. The molecule has 1 aliphatic rings. The summed E-state index contributed by atoms with van der Waals surface area (Å²) in [5.74, 6) is 0.419. The summed E-state index contributed by atoms with van der Waals surface area (Å²) in [4.78, 5) is 27.7. The topological polar surface area (TPSA) is 78.7 Å². The lowest BCUT2D eigenvalue weighted by Crippen LogP contribution is -2.46. The van der Waals surface area contributed by atoms with Gasteiger partial charge in [0.05, 0.1) is 13.1 Å². The predicted molar refractivity (Wildman–Crippen MR) is 79.1 cm³/mol. The molecule has 0 aromatic carbocycles. The molecule has 6 heteroatoms. The van der Waals surface area contributed by atoms with Gasteiger partial charge < -0.3 is 16.0 Å². The van der Waals surface area contributed by atoms with Gasteiger partial charge in [0, 0.05) is 19.1 Å². The van der Waals surface area contributed by atoms with Gasteiger partial charge in [-0.3, -0.25) is 14.5 Å². The Morgan fingerprint density at radius 2 is 2.15 bits per heavy atom. The zero-order chi connectivity index (χ0) is 15.1. The standard InChI is InChI=1S/C14H28N4O2/c1-4-18(9-13(19)16-11(2)3)14(20)10-17-6-5-12(7-15)8-17/h11-12H,4-10,15H2,1-3H3,(H,16,19). The highest BCUT2D eigenvalue weighted by Gasteiger charge is 2.25. The minimum Gasteiger partial charge on any atom is -0.352 e. The number of carbonyl (C=O) groups excluding carboxylic acids is 2. The fraction of sp³-hybridized carbons (Fsp3) is 0.857. The number of nitrogens with zero attached hydrogens (tertiary/aromatic N) is 2. The maximum absolute atomic E-state index is 12.2. The van der Waals surface area contributed by atoms with Crippen LogP contribution in [0.5, 0.6) is 0 Å². The first-order valence-electron chi connectivity index (χ1n) is 7.45. The fourth-order valence-corrected chi connectivity index (χ4v) is 2.46. The second-order valence-electron chi connectivity index (χ2n) is 5.76. The molecule has 1 saturated heterocycles. The summed E-state index contributed by atoms with van der Waals surface area (Å²) in [7, 11) is 0. The van der Waals surface area contributed by atoms with Gasteiger partial charge >= 0.3 is 0 Å². The van der Waals surface area contributed by atoms with Crippen molar-refractivity contribution in [1.29, 1.82) is 0 Å². The first kappa shape index (κ1) is 16.9. The zero-order valence-electron chi connectivity index (χ0n) is 12.9. The Balaban J connectivity index is 2.41. The van der Waals surface area contributed by atoms with Crippen LogP contribution in [0.2, 0.25) is 0 Å². The van der Waals surface area contributed by atoms with E-state index in [0.717, 1.165) is 19.5 Å². The molecule has 6 nitrogen and oxygen atoms in total. The molecule has 20 heavy (non-hydrogen) atoms. The minimum atomic E-state index is -0.101. The molecule has 0 bridgehead atoms. The van der Waals surface area contributed by atoms with Crippen molar-refractivity contribution in [2.24, 2.45) is 11.7 Å². The number of rotatable bonds is 7. The van der Waals surface area contributed by atoms with Crippen LogP contribution in [0.25, 0.3) is 0 Å². The lowest BCUT2D eigenvalue weighted by atomic mass is 10.1. The van der Waals surface area contributed by atoms with Crippen molar-refractivity contribution < 1.29 is 9.59 Å². The first-order chi connectivity index (χ1) is 9.46. The van der Waals surface area contributed by atoms with Crippen LogP contribution >= 0.6 is 0 Å². The Morgan fingerprint density at radius 3 is 2.65 bits per heavy atom. The molecule has 116 valence electrons. The number of nitrogens with one attached hydrogen (secondary N) is 1. The van der Waals surface area contributed by atoms with E-state index >= 15 is 0 Å². The summed E-state index contributed by atoms with van der Waals surface area (Å²) in [5, 5.41) is 2.81. The summed E-state index contributed by atoms with van der Waals surface area (Å²) in [5.41, 5.74) is 5.65. The third-order valence-electron chi connectivity index (χ3n) is 3.58. The van der Waals surface area contributed by atoms with Crippen LogP contribution in [0.15, 0.2) is 0 Å². The van der Waals surface area contributed by atoms with E-state index in [1.54, 1.807) is 4.90 Å². The summed E-state index contributed by atoms with van der Waals surface area (Å²) >= 11 is 0. The Morgan fingerprint density at radius 1 is 1.45 bits per heavy atom. The second kappa shape index (κ2) is 8.21. The Kier molecular flexibility index (Phi) is 6.95. The van der Waals surface area contributed by atoms with Gasteiger partial charge in [-0.2, -0.15) is 0 Å². The van der Waals surface area contributed by atoms with Crippen LogP contribution in [-0.4, -0.2) is 66.9 Å². The summed E-state index contributed by atoms with van der Waals surface area (Å²) in [6.45, 7) is 9.29. The summed E-state index contributed by atoms with van der Waals surface area (Å²) < 4.78 is 0. The Labute approximate surface area is 121 Å². The van der Waals surface area contributed by atoms with Crippen LogP contribution in [0.1, 0.15) is 27.2 Å².